The number of nitrogens with zero attached hydrogens (tertiary/aromatic N) is 1. The topological polar surface area (TPSA) is 89.0 Å². The number of hydrogen-bond acceptors (Lipinski definition) is 5. The van der Waals surface area contributed by atoms with E-state index in [1.807, 2.05) is 26.0 Å². The summed E-state index contributed by atoms with van der Waals surface area (Å²) >= 11 is 6.03. The van der Waals surface area contributed by atoms with Crippen molar-refractivity contribution in [3.63, 3.8) is 0 Å². The lowest BCUT2D eigenvalue weighted by Crippen LogP contribution is -2.32. The lowest BCUT2D eigenvalue weighted by Gasteiger charge is -2.12. The Morgan fingerprint density at radius 3 is 2.56 bits per heavy atom. The summed E-state index contributed by atoms with van der Waals surface area (Å²) in [7, 11) is 1.46. The van der Waals surface area contributed by atoms with Crippen LogP contribution in [0.1, 0.15) is 22.3 Å². The van der Waals surface area contributed by atoms with Crippen LogP contribution in [0.3, 0.4) is 0 Å². The molecule has 0 spiro atoms. The van der Waals surface area contributed by atoms with Crippen molar-refractivity contribution in [2.24, 2.45) is 5.10 Å². The van der Waals surface area contributed by atoms with Gasteiger partial charge in [0, 0.05) is 11.3 Å². The van der Waals surface area contributed by atoms with Gasteiger partial charge >= 0.3 is 11.8 Å². The molecular formula is C25H23ClFN3O4. The van der Waals surface area contributed by atoms with Gasteiger partial charge in [-0.3, -0.25) is 9.59 Å². The van der Waals surface area contributed by atoms with Gasteiger partial charge in [-0.2, -0.15) is 5.10 Å². The molecule has 0 radical (unpaired) electrons. The minimum absolute atomic E-state index is 0.0824. The second-order valence-corrected chi connectivity index (χ2v) is 7.78. The molecule has 34 heavy (non-hydrogen) atoms. The number of aryl methyl sites for hydroxylation is 2. The fourth-order valence-electron chi connectivity index (χ4n) is 3.05. The summed E-state index contributed by atoms with van der Waals surface area (Å²) in [4.78, 5) is 24.1. The second kappa shape index (κ2) is 11.3. The van der Waals surface area contributed by atoms with Gasteiger partial charge in [0.1, 0.15) is 12.4 Å². The number of rotatable bonds is 7. The summed E-state index contributed by atoms with van der Waals surface area (Å²) in [5, 5.41) is 6.63. The van der Waals surface area contributed by atoms with Gasteiger partial charge in [-0.1, -0.05) is 35.4 Å². The SMILES string of the molecule is COc1cc(/C=N/NC(=O)C(=O)Nc2ccc(C)cc2C)ccc1OCc1c(F)cccc1Cl. The Kier molecular flexibility index (Phi) is 8.21. The standard InChI is InChI=1S/C25H23ClFN3O4/c1-15-7-9-21(16(2)11-15)29-24(31)25(32)30-28-13-17-8-10-22(23(12-17)33-3)34-14-18-19(26)5-4-6-20(18)27/h4-13H,14H2,1-3H3,(H,29,31)(H,30,32)/b28-13+. The quantitative estimate of drug-likeness (QED) is 0.288. The molecule has 0 saturated carbocycles. The summed E-state index contributed by atoms with van der Waals surface area (Å²) in [6, 6.07) is 14.8. The molecule has 9 heteroatoms. The van der Waals surface area contributed by atoms with E-state index in [1.54, 1.807) is 30.3 Å². The van der Waals surface area contributed by atoms with Crippen LogP contribution in [0.4, 0.5) is 10.1 Å². The van der Waals surface area contributed by atoms with E-state index in [9.17, 15) is 14.0 Å². The van der Waals surface area contributed by atoms with E-state index in [0.29, 0.717) is 22.7 Å². The summed E-state index contributed by atoms with van der Waals surface area (Å²) < 4.78 is 24.9. The molecule has 3 rings (SSSR count). The van der Waals surface area contributed by atoms with Crippen LogP contribution in [-0.4, -0.2) is 25.1 Å². The maximum atomic E-state index is 13.9. The average Bonchev–Trinajstić information content (AvgIpc) is 2.81. The second-order valence-electron chi connectivity index (χ2n) is 7.37. The molecular weight excluding hydrogens is 461 g/mol. The number of hydrogen-bond donors (Lipinski definition) is 2. The Hall–Kier alpha value is -3.91. The van der Waals surface area contributed by atoms with Gasteiger partial charge in [-0.05, 0) is 61.4 Å². The van der Waals surface area contributed by atoms with Crippen LogP contribution in [0, 0.1) is 19.7 Å². The Labute approximate surface area is 201 Å². The van der Waals surface area contributed by atoms with E-state index in [-0.39, 0.29) is 17.2 Å². The molecule has 0 aromatic heterocycles. The largest absolute Gasteiger partial charge is 0.493 e. The molecule has 7 nitrogen and oxygen atoms in total. The molecule has 0 aliphatic carbocycles. The van der Waals surface area contributed by atoms with Gasteiger partial charge in [0.05, 0.1) is 18.3 Å². The zero-order valence-corrected chi connectivity index (χ0v) is 19.6. The van der Waals surface area contributed by atoms with Crippen LogP contribution >= 0.6 is 11.6 Å². The highest BCUT2D eigenvalue weighted by atomic mass is 35.5. The number of methoxy groups -OCH3 is 1. The smallest absolute Gasteiger partial charge is 0.329 e. The van der Waals surface area contributed by atoms with Crippen LogP contribution in [0.2, 0.25) is 5.02 Å². The van der Waals surface area contributed by atoms with Crippen LogP contribution in [-0.2, 0) is 16.2 Å². The van der Waals surface area contributed by atoms with E-state index >= 15 is 0 Å². The van der Waals surface area contributed by atoms with E-state index in [0.717, 1.165) is 11.1 Å². The Morgan fingerprint density at radius 2 is 1.85 bits per heavy atom. The zero-order valence-electron chi connectivity index (χ0n) is 18.8. The molecule has 0 aliphatic heterocycles. The minimum atomic E-state index is -0.912. The number of hydrazone groups is 1. The number of ether oxygens (including phenoxy) is 2. The highest BCUT2D eigenvalue weighted by Crippen LogP contribution is 2.29. The molecule has 2 N–H and O–H groups in total. The van der Waals surface area contributed by atoms with Crippen LogP contribution in [0.15, 0.2) is 59.7 Å². The first-order valence-corrected chi connectivity index (χ1v) is 10.6. The normalized spacial score (nSPS) is 10.7. The van der Waals surface area contributed by atoms with Crippen LogP contribution in [0.25, 0.3) is 0 Å². The molecule has 3 aromatic rings. The van der Waals surface area contributed by atoms with Gasteiger partial charge in [0.2, 0.25) is 0 Å². The van der Waals surface area contributed by atoms with Crippen molar-refractivity contribution in [2.75, 3.05) is 12.4 Å². The van der Waals surface area contributed by atoms with Crippen molar-refractivity contribution in [1.29, 1.82) is 0 Å². The molecule has 0 unspecified atom stereocenters. The van der Waals surface area contributed by atoms with Gasteiger partial charge in [0.25, 0.3) is 0 Å². The van der Waals surface area contributed by atoms with E-state index in [2.05, 4.69) is 15.8 Å². The molecule has 0 saturated heterocycles. The number of anilines is 1. The van der Waals surface area contributed by atoms with Crippen LogP contribution in [0.5, 0.6) is 11.5 Å². The number of halogens is 2. The summed E-state index contributed by atoms with van der Waals surface area (Å²) in [5.74, 6) is -1.47. The van der Waals surface area contributed by atoms with Crippen LogP contribution < -0.4 is 20.2 Å². The summed E-state index contributed by atoms with van der Waals surface area (Å²) in [6.07, 6.45) is 1.35. The predicted octanol–water partition coefficient (Wildman–Crippen LogP) is 4.77. The van der Waals surface area contributed by atoms with E-state index in [4.69, 9.17) is 21.1 Å². The summed E-state index contributed by atoms with van der Waals surface area (Å²) in [5.41, 5.74) is 5.43. The van der Waals surface area contributed by atoms with Crippen molar-refractivity contribution < 1.29 is 23.5 Å². The first-order chi connectivity index (χ1) is 16.3. The zero-order chi connectivity index (χ0) is 24.7. The Bertz CT molecular complexity index is 1230. The fourth-order valence-corrected chi connectivity index (χ4v) is 3.27. The lowest BCUT2D eigenvalue weighted by molar-refractivity contribution is -0.136. The van der Waals surface area contributed by atoms with Crippen molar-refractivity contribution in [3.8, 4) is 11.5 Å². The molecule has 2 amide bonds. The average molecular weight is 484 g/mol. The highest BCUT2D eigenvalue weighted by molar-refractivity contribution is 6.39. The van der Waals surface area contributed by atoms with Crippen molar-refractivity contribution in [1.82, 2.24) is 5.43 Å². The minimum Gasteiger partial charge on any atom is -0.493 e. The number of amides is 2. The maximum Gasteiger partial charge on any atom is 0.329 e. The first kappa shape index (κ1) is 24.7. The third kappa shape index (κ3) is 6.32. The highest BCUT2D eigenvalue weighted by Gasteiger charge is 2.14. The van der Waals surface area contributed by atoms with Gasteiger partial charge in [0.15, 0.2) is 11.5 Å². The lowest BCUT2D eigenvalue weighted by atomic mass is 10.1. The fraction of sp³-hybridized carbons (Fsp3) is 0.160. The van der Waals surface area contributed by atoms with Crippen molar-refractivity contribution >= 4 is 35.3 Å². The Morgan fingerprint density at radius 1 is 1.06 bits per heavy atom. The molecule has 3 aromatic carbocycles. The molecule has 0 heterocycles. The van der Waals surface area contributed by atoms with Gasteiger partial charge in [-0.15, -0.1) is 0 Å². The van der Waals surface area contributed by atoms with E-state index < -0.39 is 17.6 Å². The van der Waals surface area contributed by atoms with Gasteiger partial charge < -0.3 is 14.8 Å². The maximum absolute atomic E-state index is 13.9. The molecule has 0 atom stereocenters. The molecule has 0 fully saturated rings. The van der Waals surface area contributed by atoms with Gasteiger partial charge in [-0.25, -0.2) is 9.82 Å². The summed E-state index contributed by atoms with van der Waals surface area (Å²) in [6.45, 7) is 3.69. The van der Waals surface area contributed by atoms with Crippen molar-refractivity contribution in [2.45, 2.75) is 20.5 Å². The third-order valence-electron chi connectivity index (χ3n) is 4.84. The van der Waals surface area contributed by atoms with E-state index in [1.165, 1.54) is 25.5 Å². The van der Waals surface area contributed by atoms with Crippen molar-refractivity contribution in [3.05, 3.63) is 87.7 Å². The first-order valence-electron chi connectivity index (χ1n) is 10.2. The Balaban J connectivity index is 1.60. The molecule has 0 bridgehead atoms. The monoisotopic (exact) mass is 483 g/mol. The number of nitrogens with one attached hydrogen (secondary N) is 2. The number of benzene rings is 3. The molecule has 0 aliphatic rings. The molecule has 176 valence electrons. The number of carbonyl (C=O) groups excluding carboxylic acids is 2. The third-order valence-corrected chi connectivity index (χ3v) is 5.19. The number of carbonyl (C=O) groups is 2. The predicted molar refractivity (Wildman–Crippen MR) is 129 cm³/mol.